The summed E-state index contributed by atoms with van der Waals surface area (Å²) in [5, 5.41) is 2.64. The summed E-state index contributed by atoms with van der Waals surface area (Å²) in [5.74, 6) is -2.09. The lowest BCUT2D eigenvalue weighted by molar-refractivity contribution is 0.0979. The molecule has 0 saturated carbocycles. The maximum atomic E-state index is 13.8. The van der Waals surface area contributed by atoms with E-state index < -0.39 is 27.6 Å². The van der Waals surface area contributed by atoms with E-state index in [4.69, 9.17) is 4.74 Å². The van der Waals surface area contributed by atoms with Crippen LogP contribution in [0.1, 0.15) is 23.2 Å². The molecule has 2 heterocycles. The summed E-state index contributed by atoms with van der Waals surface area (Å²) in [4.78, 5) is 16.5. The van der Waals surface area contributed by atoms with E-state index in [1.165, 1.54) is 35.6 Å². The third-order valence-corrected chi connectivity index (χ3v) is 7.70. The Labute approximate surface area is 181 Å². The van der Waals surface area contributed by atoms with Gasteiger partial charge in [0.1, 0.15) is 11.3 Å². The van der Waals surface area contributed by atoms with Crippen molar-refractivity contribution in [3.05, 3.63) is 53.6 Å². The average molecular weight is 468 g/mol. The SMILES string of the molecule is CN(CC1CCCO1)S(=O)(=O)c1ccc(C(=O)Nc2nc3c(F)cc(F)cc3s2)cc1. The number of benzene rings is 2. The van der Waals surface area contributed by atoms with Gasteiger partial charge in [-0.3, -0.25) is 10.1 Å². The van der Waals surface area contributed by atoms with E-state index in [2.05, 4.69) is 10.3 Å². The summed E-state index contributed by atoms with van der Waals surface area (Å²) in [6.07, 6.45) is 1.62. The van der Waals surface area contributed by atoms with Crippen LogP contribution in [0.25, 0.3) is 10.2 Å². The fraction of sp³-hybridized carbons (Fsp3) is 0.300. The molecule has 0 radical (unpaired) electrons. The maximum Gasteiger partial charge on any atom is 0.257 e. The summed E-state index contributed by atoms with van der Waals surface area (Å²) in [5.41, 5.74) is 0.170. The number of sulfonamides is 1. The highest BCUT2D eigenvalue weighted by molar-refractivity contribution is 7.89. The molecule has 1 saturated heterocycles. The van der Waals surface area contributed by atoms with E-state index in [-0.39, 0.29) is 38.5 Å². The lowest BCUT2D eigenvalue weighted by Crippen LogP contribution is -2.34. The molecule has 11 heteroatoms. The molecule has 1 N–H and O–H groups in total. The number of rotatable bonds is 6. The van der Waals surface area contributed by atoms with Gasteiger partial charge in [0.15, 0.2) is 10.9 Å². The summed E-state index contributed by atoms with van der Waals surface area (Å²) >= 11 is 0.937. The first-order valence-corrected chi connectivity index (χ1v) is 11.7. The molecular weight excluding hydrogens is 448 g/mol. The fourth-order valence-electron chi connectivity index (χ4n) is 3.31. The van der Waals surface area contributed by atoms with E-state index in [0.717, 1.165) is 36.3 Å². The number of fused-ring (bicyclic) bond motifs is 1. The van der Waals surface area contributed by atoms with Crippen molar-refractivity contribution in [1.29, 1.82) is 0 Å². The Morgan fingerprint density at radius 3 is 2.71 bits per heavy atom. The molecule has 1 aliphatic rings. The van der Waals surface area contributed by atoms with Gasteiger partial charge in [-0.25, -0.2) is 22.2 Å². The van der Waals surface area contributed by atoms with Gasteiger partial charge in [-0.05, 0) is 43.2 Å². The second-order valence-corrected chi connectivity index (χ2v) is 10.2. The molecule has 1 aliphatic heterocycles. The number of likely N-dealkylation sites (N-methyl/N-ethyl adjacent to an activating group) is 1. The highest BCUT2D eigenvalue weighted by Gasteiger charge is 2.26. The summed E-state index contributed by atoms with van der Waals surface area (Å²) < 4.78 is 59.6. The van der Waals surface area contributed by atoms with E-state index in [1.807, 2.05) is 0 Å². The number of aromatic nitrogens is 1. The number of hydrogen-bond donors (Lipinski definition) is 1. The van der Waals surface area contributed by atoms with Crippen LogP contribution in [0.4, 0.5) is 13.9 Å². The van der Waals surface area contributed by atoms with Crippen molar-refractivity contribution in [2.24, 2.45) is 0 Å². The van der Waals surface area contributed by atoms with Crippen LogP contribution in [0.2, 0.25) is 0 Å². The van der Waals surface area contributed by atoms with Crippen molar-refractivity contribution in [2.45, 2.75) is 23.8 Å². The minimum Gasteiger partial charge on any atom is -0.377 e. The van der Waals surface area contributed by atoms with Crippen molar-refractivity contribution in [2.75, 3.05) is 25.5 Å². The quantitative estimate of drug-likeness (QED) is 0.598. The zero-order valence-electron chi connectivity index (χ0n) is 16.5. The average Bonchev–Trinajstić information content (AvgIpc) is 3.37. The number of nitrogens with zero attached hydrogens (tertiary/aromatic N) is 2. The molecule has 7 nitrogen and oxygen atoms in total. The van der Waals surface area contributed by atoms with E-state index >= 15 is 0 Å². The smallest absolute Gasteiger partial charge is 0.257 e. The standard InChI is InChI=1S/C20H19F2N3O4S2/c1-25(11-14-3-2-8-29-14)31(27,28)15-6-4-12(5-7-15)19(26)24-20-23-18-16(22)9-13(21)10-17(18)30-20/h4-7,9-10,14H,2-3,8,11H2,1H3,(H,23,24,26). The predicted molar refractivity (Wildman–Crippen MR) is 113 cm³/mol. The molecular formula is C20H19F2N3O4S2. The normalized spacial score (nSPS) is 16.8. The minimum absolute atomic E-state index is 0.0302. The van der Waals surface area contributed by atoms with Gasteiger partial charge in [-0.15, -0.1) is 0 Å². The molecule has 1 atom stereocenters. The van der Waals surface area contributed by atoms with E-state index in [1.54, 1.807) is 0 Å². The Bertz CT molecular complexity index is 1220. The molecule has 1 aromatic heterocycles. The number of carbonyl (C=O) groups excluding carboxylic acids is 1. The number of nitrogens with one attached hydrogen (secondary N) is 1. The third kappa shape index (κ3) is 4.59. The number of carbonyl (C=O) groups is 1. The van der Waals surface area contributed by atoms with E-state index in [0.29, 0.717) is 6.61 Å². The molecule has 1 fully saturated rings. The van der Waals surface area contributed by atoms with Gasteiger partial charge in [-0.2, -0.15) is 4.31 Å². The van der Waals surface area contributed by atoms with Crippen LogP contribution in [0.5, 0.6) is 0 Å². The first kappa shape index (κ1) is 21.8. The van der Waals surface area contributed by atoms with Crippen LogP contribution in [0, 0.1) is 11.6 Å². The number of ether oxygens (including phenoxy) is 1. The Hall–Kier alpha value is -2.47. The zero-order chi connectivity index (χ0) is 22.2. The summed E-state index contributed by atoms with van der Waals surface area (Å²) in [6, 6.07) is 7.33. The second-order valence-electron chi connectivity index (χ2n) is 7.15. The number of hydrogen-bond acceptors (Lipinski definition) is 6. The Morgan fingerprint density at radius 2 is 2.03 bits per heavy atom. The number of amides is 1. The lowest BCUT2D eigenvalue weighted by atomic mass is 10.2. The van der Waals surface area contributed by atoms with Crippen molar-refractivity contribution in [1.82, 2.24) is 9.29 Å². The molecule has 3 aromatic rings. The van der Waals surface area contributed by atoms with Crippen LogP contribution in [-0.4, -0.2) is 49.9 Å². The van der Waals surface area contributed by atoms with Crippen LogP contribution < -0.4 is 5.32 Å². The molecule has 31 heavy (non-hydrogen) atoms. The van der Waals surface area contributed by atoms with Crippen LogP contribution in [-0.2, 0) is 14.8 Å². The fourth-order valence-corrected chi connectivity index (χ4v) is 5.41. The van der Waals surface area contributed by atoms with Gasteiger partial charge in [0.25, 0.3) is 5.91 Å². The van der Waals surface area contributed by atoms with E-state index in [9.17, 15) is 22.0 Å². The minimum atomic E-state index is -3.72. The highest BCUT2D eigenvalue weighted by atomic mass is 32.2. The summed E-state index contributed by atoms with van der Waals surface area (Å²) in [6.45, 7) is 0.901. The molecule has 0 aliphatic carbocycles. The largest absolute Gasteiger partial charge is 0.377 e. The van der Waals surface area contributed by atoms with Gasteiger partial charge in [0.05, 0.1) is 15.7 Å². The Morgan fingerprint density at radius 1 is 1.29 bits per heavy atom. The maximum absolute atomic E-state index is 13.8. The van der Waals surface area contributed by atoms with Crippen molar-refractivity contribution in [3.8, 4) is 0 Å². The van der Waals surface area contributed by atoms with Crippen LogP contribution >= 0.6 is 11.3 Å². The monoisotopic (exact) mass is 467 g/mol. The predicted octanol–water partition coefficient (Wildman–Crippen LogP) is 3.63. The molecule has 2 aromatic carbocycles. The molecule has 0 bridgehead atoms. The molecule has 1 amide bonds. The van der Waals surface area contributed by atoms with Crippen molar-refractivity contribution >= 4 is 42.6 Å². The Kier molecular flexibility index (Phi) is 6.02. The van der Waals surface area contributed by atoms with Crippen LogP contribution in [0.3, 0.4) is 0 Å². The number of thiazole rings is 1. The third-order valence-electron chi connectivity index (χ3n) is 4.94. The summed E-state index contributed by atoms with van der Waals surface area (Å²) in [7, 11) is -2.23. The molecule has 0 spiro atoms. The number of anilines is 1. The van der Waals surface area contributed by atoms with Gasteiger partial charge < -0.3 is 4.74 Å². The first-order chi connectivity index (χ1) is 14.7. The van der Waals surface area contributed by atoms with Crippen LogP contribution in [0.15, 0.2) is 41.3 Å². The van der Waals surface area contributed by atoms with Gasteiger partial charge in [0.2, 0.25) is 10.0 Å². The molecule has 1 unspecified atom stereocenters. The number of halogens is 2. The van der Waals surface area contributed by atoms with Gasteiger partial charge in [-0.1, -0.05) is 11.3 Å². The van der Waals surface area contributed by atoms with Gasteiger partial charge in [0, 0.05) is 31.8 Å². The van der Waals surface area contributed by atoms with Gasteiger partial charge >= 0.3 is 0 Å². The lowest BCUT2D eigenvalue weighted by Gasteiger charge is -2.20. The Balaban J connectivity index is 1.47. The highest BCUT2D eigenvalue weighted by Crippen LogP contribution is 2.29. The molecule has 164 valence electrons. The van der Waals surface area contributed by atoms with Crippen molar-refractivity contribution in [3.63, 3.8) is 0 Å². The zero-order valence-corrected chi connectivity index (χ0v) is 18.1. The topological polar surface area (TPSA) is 88.6 Å². The van der Waals surface area contributed by atoms with Crippen molar-refractivity contribution < 1.29 is 26.7 Å². The first-order valence-electron chi connectivity index (χ1n) is 9.49. The second kappa shape index (κ2) is 8.58. The molecule has 4 rings (SSSR count).